The molecule has 1 aliphatic carbocycles. The molecule has 0 spiro atoms. The minimum absolute atomic E-state index is 0.0982. The summed E-state index contributed by atoms with van der Waals surface area (Å²) in [5.74, 6) is -1.12. The van der Waals surface area contributed by atoms with Gasteiger partial charge in [-0.15, -0.1) is 0 Å². The van der Waals surface area contributed by atoms with Crippen molar-refractivity contribution in [1.82, 2.24) is 4.90 Å². The fraction of sp³-hybridized carbons (Fsp3) is 0.833. The molecule has 2 aliphatic rings. The van der Waals surface area contributed by atoms with E-state index < -0.39 is 23.5 Å². The fourth-order valence-electron chi connectivity index (χ4n) is 2.99. The van der Waals surface area contributed by atoms with Crippen LogP contribution in [0.2, 0.25) is 0 Å². The van der Waals surface area contributed by atoms with Crippen molar-refractivity contribution in [2.45, 2.75) is 51.2 Å². The number of carboxylic acids is 1. The van der Waals surface area contributed by atoms with E-state index in [0.717, 1.165) is 25.7 Å². The zero-order valence-electron chi connectivity index (χ0n) is 10.1. The SMILES string of the molecule is CC1(C(=O)N2CC(O)CC2C(=O)O)CCCC1. The standard InChI is InChI=1S/C12H19NO4/c1-12(4-2-3-5-12)11(17)13-7-8(14)6-9(13)10(15)16/h8-9,14H,2-7H2,1H3,(H,15,16). The van der Waals surface area contributed by atoms with Crippen molar-refractivity contribution in [1.29, 1.82) is 0 Å². The Hall–Kier alpha value is -1.10. The monoisotopic (exact) mass is 241 g/mol. The van der Waals surface area contributed by atoms with Crippen LogP contribution < -0.4 is 0 Å². The number of aliphatic hydroxyl groups excluding tert-OH is 1. The lowest BCUT2D eigenvalue weighted by atomic mass is 9.87. The Kier molecular flexibility index (Phi) is 3.12. The molecule has 0 aromatic carbocycles. The van der Waals surface area contributed by atoms with Gasteiger partial charge < -0.3 is 15.1 Å². The Morgan fingerprint density at radius 1 is 1.29 bits per heavy atom. The molecule has 0 aromatic heterocycles. The van der Waals surface area contributed by atoms with E-state index >= 15 is 0 Å². The number of aliphatic hydroxyl groups is 1. The Morgan fingerprint density at radius 3 is 2.41 bits per heavy atom. The zero-order chi connectivity index (χ0) is 12.6. The number of carbonyl (C=O) groups excluding carboxylic acids is 1. The van der Waals surface area contributed by atoms with Gasteiger partial charge in [-0.2, -0.15) is 0 Å². The molecule has 17 heavy (non-hydrogen) atoms. The summed E-state index contributed by atoms with van der Waals surface area (Å²) in [6, 6.07) is -0.852. The van der Waals surface area contributed by atoms with Crippen LogP contribution in [-0.4, -0.2) is 45.7 Å². The van der Waals surface area contributed by atoms with Gasteiger partial charge in [0.1, 0.15) is 6.04 Å². The highest BCUT2D eigenvalue weighted by molar-refractivity contribution is 5.88. The number of rotatable bonds is 2. The summed E-state index contributed by atoms with van der Waals surface area (Å²) >= 11 is 0. The molecule has 5 nitrogen and oxygen atoms in total. The van der Waals surface area contributed by atoms with E-state index in [1.165, 1.54) is 4.90 Å². The third-order valence-corrected chi connectivity index (χ3v) is 4.05. The smallest absolute Gasteiger partial charge is 0.326 e. The second-order valence-corrected chi connectivity index (χ2v) is 5.47. The number of amides is 1. The predicted octanol–water partition coefficient (Wildman–Crippen LogP) is 0.613. The number of carbonyl (C=O) groups is 2. The van der Waals surface area contributed by atoms with Crippen LogP contribution in [0.3, 0.4) is 0 Å². The lowest BCUT2D eigenvalue weighted by Gasteiger charge is -2.31. The average molecular weight is 241 g/mol. The van der Waals surface area contributed by atoms with Gasteiger partial charge >= 0.3 is 5.97 Å². The Bertz CT molecular complexity index is 335. The number of nitrogens with zero attached hydrogens (tertiary/aromatic N) is 1. The minimum atomic E-state index is -1.02. The van der Waals surface area contributed by atoms with Crippen LogP contribution in [0.25, 0.3) is 0 Å². The van der Waals surface area contributed by atoms with Gasteiger partial charge in [0, 0.05) is 18.4 Å². The molecule has 2 fully saturated rings. The second-order valence-electron chi connectivity index (χ2n) is 5.47. The number of aliphatic carboxylic acids is 1. The minimum Gasteiger partial charge on any atom is -0.480 e. The highest BCUT2D eigenvalue weighted by Crippen LogP contribution is 2.40. The summed E-state index contributed by atoms with van der Waals surface area (Å²) in [6.45, 7) is 2.07. The average Bonchev–Trinajstić information content (AvgIpc) is 2.84. The first-order chi connectivity index (χ1) is 7.94. The maximum absolute atomic E-state index is 12.4. The number of hydrogen-bond acceptors (Lipinski definition) is 3. The third-order valence-electron chi connectivity index (χ3n) is 4.05. The van der Waals surface area contributed by atoms with E-state index in [9.17, 15) is 14.7 Å². The molecule has 1 saturated heterocycles. The first-order valence-corrected chi connectivity index (χ1v) is 6.16. The predicted molar refractivity (Wildman–Crippen MR) is 60.3 cm³/mol. The quantitative estimate of drug-likeness (QED) is 0.742. The van der Waals surface area contributed by atoms with E-state index in [1.54, 1.807) is 0 Å². The molecular formula is C12H19NO4. The molecule has 2 atom stereocenters. The second kappa shape index (κ2) is 4.29. The van der Waals surface area contributed by atoms with Crippen molar-refractivity contribution in [3.8, 4) is 0 Å². The van der Waals surface area contributed by atoms with E-state index in [4.69, 9.17) is 5.11 Å². The molecule has 96 valence electrons. The van der Waals surface area contributed by atoms with Crippen LogP contribution in [0.15, 0.2) is 0 Å². The molecule has 0 aromatic rings. The summed E-state index contributed by atoms with van der Waals surface area (Å²) in [6.07, 6.45) is 3.14. The van der Waals surface area contributed by atoms with Gasteiger partial charge in [-0.3, -0.25) is 4.79 Å². The molecule has 1 heterocycles. The van der Waals surface area contributed by atoms with Gasteiger partial charge in [-0.25, -0.2) is 4.79 Å². The normalized spacial score (nSPS) is 31.8. The van der Waals surface area contributed by atoms with Crippen LogP contribution in [0.1, 0.15) is 39.0 Å². The number of β-amino-alcohol motifs (C(OH)–C–C–N with tert-alkyl or cyclic N) is 1. The highest BCUT2D eigenvalue weighted by Gasteiger charge is 2.46. The van der Waals surface area contributed by atoms with E-state index in [0.29, 0.717) is 0 Å². The van der Waals surface area contributed by atoms with Gasteiger partial charge in [0.15, 0.2) is 0 Å². The van der Waals surface area contributed by atoms with E-state index in [2.05, 4.69) is 0 Å². The largest absolute Gasteiger partial charge is 0.480 e. The maximum atomic E-state index is 12.4. The summed E-state index contributed by atoms with van der Waals surface area (Å²) in [7, 11) is 0. The first kappa shape index (κ1) is 12.4. The number of likely N-dealkylation sites (tertiary alicyclic amines) is 1. The van der Waals surface area contributed by atoms with Crippen molar-refractivity contribution in [2.24, 2.45) is 5.41 Å². The van der Waals surface area contributed by atoms with Crippen LogP contribution in [0, 0.1) is 5.41 Å². The molecule has 0 radical (unpaired) electrons. The van der Waals surface area contributed by atoms with Gasteiger partial charge in [0.05, 0.1) is 6.10 Å². The van der Waals surface area contributed by atoms with Crippen LogP contribution in [0.4, 0.5) is 0 Å². The van der Waals surface area contributed by atoms with Gasteiger partial charge in [-0.1, -0.05) is 19.8 Å². The van der Waals surface area contributed by atoms with Crippen molar-refractivity contribution in [2.75, 3.05) is 6.54 Å². The molecule has 2 rings (SSSR count). The van der Waals surface area contributed by atoms with E-state index in [-0.39, 0.29) is 18.9 Å². The molecule has 1 aliphatic heterocycles. The molecule has 2 N–H and O–H groups in total. The molecule has 2 unspecified atom stereocenters. The van der Waals surface area contributed by atoms with Gasteiger partial charge in [0.25, 0.3) is 0 Å². The number of hydrogen-bond donors (Lipinski definition) is 2. The van der Waals surface area contributed by atoms with Crippen molar-refractivity contribution in [3.63, 3.8) is 0 Å². The Labute approximate surface area is 100 Å². The Morgan fingerprint density at radius 2 is 1.88 bits per heavy atom. The number of carboxylic acid groups (broad SMARTS) is 1. The van der Waals surface area contributed by atoms with Gasteiger partial charge in [0.2, 0.25) is 5.91 Å². The van der Waals surface area contributed by atoms with Crippen molar-refractivity contribution < 1.29 is 19.8 Å². The zero-order valence-corrected chi connectivity index (χ0v) is 10.1. The summed E-state index contributed by atoms with van der Waals surface area (Å²) in [5, 5.41) is 18.6. The van der Waals surface area contributed by atoms with Crippen LogP contribution in [-0.2, 0) is 9.59 Å². The van der Waals surface area contributed by atoms with Crippen molar-refractivity contribution in [3.05, 3.63) is 0 Å². The fourth-order valence-corrected chi connectivity index (χ4v) is 2.99. The van der Waals surface area contributed by atoms with Crippen LogP contribution in [0.5, 0.6) is 0 Å². The topological polar surface area (TPSA) is 77.8 Å². The molecule has 1 amide bonds. The van der Waals surface area contributed by atoms with Crippen LogP contribution >= 0.6 is 0 Å². The summed E-state index contributed by atoms with van der Waals surface area (Å²) in [4.78, 5) is 24.8. The molecule has 0 bridgehead atoms. The summed E-state index contributed by atoms with van der Waals surface area (Å²) in [5.41, 5.74) is -0.419. The van der Waals surface area contributed by atoms with Crippen molar-refractivity contribution >= 4 is 11.9 Å². The maximum Gasteiger partial charge on any atom is 0.326 e. The Balaban J connectivity index is 2.15. The first-order valence-electron chi connectivity index (χ1n) is 6.16. The molecular weight excluding hydrogens is 222 g/mol. The highest BCUT2D eigenvalue weighted by atomic mass is 16.4. The lowest BCUT2D eigenvalue weighted by molar-refractivity contribution is -0.152. The van der Waals surface area contributed by atoms with E-state index in [1.807, 2.05) is 6.92 Å². The third kappa shape index (κ3) is 2.16. The van der Waals surface area contributed by atoms with Gasteiger partial charge in [-0.05, 0) is 12.8 Å². The molecule has 5 heteroatoms. The lowest BCUT2D eigenvalue weighted by Crippen LogP contribution is -2.46. The molecule has 1 saturated carbocycles. The summed E-state index contributed by atoms with van der Waals surface area (Å²) < 4.78 is 0.